The Hall–Kier alpha value is -3.32. The minimum atomic E-state index is 0.382. The highest BCUT2D eigenvalue weighted by atomic mass is 16.5. The van der Waals surface area contributed by atoms with Crippen LogP contribution in [0.15, 0.2) is 67.0 Å². The Morgan fingerprint density at radius 1 is 0.800 bits per heavy atom. The summed E-state index contributed by atoms with van der Waals surface area (Å²) in [5, 5.41) is 3.34. The molecule has 1 saturated heterocycles. The summed E-state index contributed by atoms with van der Waals surface area (Å²) in [4.78, 5) is 11.0. The number of benzene rings is 2. The number of ether oxygens (including phenoxy) is 3. The zero-order valence-corrected chi connectivity index (χ0v) is 16.9. The summed E-state index contributed by atoms with van der Waals surface area (Å²) in [6.45, 7) is 4.95. The fourth-order valence-electron chi connectivity index (χ4n) is 3.21. The molecule has 4 rings (SSSR count). The fourth-order valence-corrected chi connectivity index (χ4v) is 3.21. The molecule has 1 aromatic heterocycles. The van der Waals surface area contributed by atoms with Crippen molar-refractivity contribution in [1.82, 2.24) is 15.3 Å². The van der Waals surface area contributed by atoms with E-state index in [0.29, 0.717) is 25.7 Å². The van der Waals surface area contributed by atoms with Gasteiger partial charge in [0.05, 0.1) is 0 Å². The summed E-state index contributed by atoms with van der Waals surface area (Å²) in [5.74, 6) is 2.84. The van der Waals surface area contributed by atoms with Crippen LogP contribution in [-0.4, -0.2) is 49.4 Å². The van der Waals surface area contributed by atoms with Crippen LogP contribution in [0.2, 0.25) is 0 Å². The van der Waals surface area contributed by atoms with Crippen molar-refractivity contribution in [2.24, 2.45) is 0 Å². The second-order valence-electron chi connectivity index (χ2n) is 6.87. The van der Waals surface area contributed by atoms with Crippen molar-refractivity contribution >= 4 is 5.82 Å². The summed E-state index contributed by atoms with van der Waals surface area (Å²) < 4.78 is 17.5. The maximum absolute atomic E-state index is 5.86. The summed E-state index contributed by atoms with van der Waals surface area (Å²) in [7, 11) is 0. The molecular formula is C23H26N4O3. The number of hydrogen-bond acceptors (Lipinski definition) is 7. The third-order valence-corrected chi connectivity index (χ3v) is 4.71. The monoisotopic (exact) mass is 406 g/mol. The molecule has 1 fully saturated rings. The van der Waals surface area contributed by atoms with E-state index in [-0.39, 0.29) is 0 Å². The van der Waals surface area contributed by atoms with Gasteiger partial charge in [0.25, 0.3) is 5.88 Å². The van der Waals surface area contributed by atoms with Crippen LogP contribution in [0.4, 0.5) is 5.82 Å². The molecule has 1 N–H and O–H groups in total. The topological polar surface area (TPSA) is 68.7 Å². The van der Waals surface area contributed by atoms with Gasteiger partial charge in [-0.15, -0.1) is 0 Å². The number of nitrogens with zero attached hydrogens (tertiary/aromatic N) is 3. The van der Waals surface area contributed by atoms with E-state index in [4.69, 9.17) is 14.2 Å². The molecule has 0 aliphatic carbocycles. The first-order valence-corrected chi connectivity index (χ1v) is 10.2. The Morgan fingerprint density at radius 3 is 2.37 bits per heavy atom. The molecule has 1 aliphatic rings. The largest absolute Gasteiger partial charge is 0.490 e. The normalized spacial score (nSPS) is 13.7. The van der Waals surface area contributed by atoms with E-state index in [1.54, 1.807) is 12.4 Å². The average molecular weight is 406 g/mol. The lowest BCUT2D eigenvalue weighted by Gasteiger charge is -2.28. The number of nitrogens with one attached hydrogen (secondary N) is 1. The van der Waals surface area contributed by atoms with Gasteiger partial charge in [-0.25, -0.2) is 9.97 Å². The van der Waals surface area contributed by atoms with E-state index in [1.165, 1.54) is 0 Å². The smallest absolute Gasteiger partial charge is 0.257 e. The third kappa shape index (κ3) is 5.61. The van der Waals surface area contributed by atoms with Crippen molar-refractivity contribution < 1.29 is 14.2 Å². The molecule has 0 saturated carbocycles. The first kappa shape index (κ1) is 20.0. The highest BCUT2D eigenvalue weighted by Crippen LogP contribution is 2.23. The molecule has 2 heterocycles. The molecule has 1 aliphatic heterocycles. The molecular weight excluding hydrogens is 380 g/mol. The molecule has 0 bridgehead atoms. The lowest BCUT2D eigenvalue weighted by atomic mass is 10.2. The maximum atomic E-state index is 5.86. The Kier molecular flexibility index (Phi) is 6.96. The first-order valence-electron chi connectivity index (χ1n) is 10.2. The molecule has 0 unspecified atom stereocenters. The number of hydrogen-bond donors (Lipinski definition) is 1. The van der Waals surface area contributed by atoms with E-state index in [9.17, 15) is 0 Å². The number of rotatable bonds is 9. The Morgan fingerprint density at radius 2 is 1.53 bits per heavy atom. The van der Waals surface area contributed by atoms with Gasteiger partial charge < -0.3 is 24.4 Å². The standard InChI is InChI=1S/C23H26N4O3/c1-2-5-19(6-3-1)18-30-21-8-4-7-20(17-21)28-15-16-29-23-22(25-9-10-26-23)27-13-11-24-12-14-27/h1-10,17,24H,11-16,18H2. The number of piperazine rings is 1. The van der Waals surface area contributed by atoms with Crippen molar-refractivity contribution in [1.29, 1.82) is 0 Å². The average Bonchev–Trinajstić information content (AvgIpc) is 2.82. The van der Waals surface area contributed by atoms with Gasteiger partial charge >= 0.3 is 0 Å². The molecule has 2 aromatic carbocycles. The quantitative estimate of drug-likeness (QED) is 0.548. The van der Waals surface area contributed by atoms with Crippen LogP contribution in [0.3, 0.4) is 0 Å². The van der Waals surface area contributed by atoms with Gasteiger partial charge in [-0.2, -0.15) is 0 Å². The highest BCUT2D eigenvalue weighted by molar-refractivity contribution is 5.48. The van der Waals surface area contributed by atoms with Gasteiger partial charge in [0.2, 0.25) is 0 Å². The lowest BCUT2D eigenvalue weighted by Crippen LogP contribution is -2.44. The minimum Gasteiger partial charge on any atom is -0.490 e. The molecule has 0 atom stereocenters. The van der Waals surface area contributed by atoms with Crippen LogP contribution in [0, 0.1) is 0 Å². The van der Waals surface area contributed by atoms with Crippen molar-refractivity contribution in [2.75, 3.05) is 44.3 Å². The van der Waals surface area contributed by atoms with Crippen LogP contribution in [0.1, 0.15) is 5.56 Å². The maximum Gasteiger partial charge on any atom is 0.257 e. The predicted molar refractivity (Wildman–Crippen MR) is 115 cm³/mol. The van der Waals surface area contributed by atoms with Crippen molar-refractivity contribution in [3.8, 4) is 17.4 Å². The van der Waals surface area contributed by atoms with Crippen molar-refractivity contribution in [3.63, 3.8) is 0 Å². The van der Waals surface area contributed by atoms with Crippen LogP contribution < -0.4 is 24.4 Å². The van der Waals surface area contributed by atoms with Gasteiger partial charge in [0.15, 0.2) is 5.82 Å². The van der Waals surface area contributed by atoms with Crippen LogP contribution >= 0.6 is 0 Å². The Balaban J connectivity index is 1.26. The molecule has 30 heavy (non-hydrogen) atoms. The van der Waals surface area contributed by atoms with Crippen LogP contribution in [0.25, 0.3) is 0 Å². The number of anilines is 1. The van der Waals surface area contributed by atoms with E-state index in [1.807, 2.05) is 54.6 Å². The van der Waals surface area contributed by atoms with Crippen molar-refractivity contribution in [2.45, 2.75) is 6.61 Å². The molecule has 0 spiro atoms. The summed E-state index contributed by atoms with van der Waals surface area (Å²) in [6.07, 6.45) is 3.34. The van der Waals surface area contributed by atoms with Crippen LogP contribution in [-0.2, 0) is 6.61 Å². The van der Waals surface area contributed by atoms with Gasteiger partial charge in [0.1, 0.15) is 31.3 Å². The van der Waals surface area contributed by atoms with Crippen LogP contribution in [0.5, 0.6) is 17.4 Å². The molecule has 0 amide bonds. The summed E-state index contributed by atoms with van der Waals surface area (Å²) in [5.41, 5.74) is 1.13. The SMILES string of the molecule is c1ccc(COc2cccc(OCCOc3nccnc3N3CCNCC3)c2)cc1. The van der Waals surface area contributed by atoms with Gasteiger partial charge in [0, 0.05) is 44.6 Å². The zero-order chi connectivity index (χ0) is 20.4. The molecule has 7 heteroatoms. The molecule has 156 valence electrons. The second kappa shape index (κ2) is 10.5. The molecule has 7 nitrogen and oxygen atoms in total. The lowest BCUT2D eigenvalue weighted by molar-refractivity contribution is 0.210. The first-order chi connectivity index (χ1) is 14.9. The second-order valence-corrected chi connectivity index (χ2v) is 6.87. The minimum absolute atomic E-state index is 0.382. The Labute approximate surface area is 176 Å². The van der Waals surface area contributed by atoms with Gasteiger partial charge in [-0.3, -0.25) is 0 Å². The predicted octanol–water partition coefficient (Wildman–Crippen LogP) is 2.92. The fraction of sp³-hybridized carbons (Fsp3) is 0.304. The molecule has 3 aromatic rings. The highest BCUT2D eigenvalue weighted by Gasteiger charge is 2.17. The Bertz CT molecular complexity index is 917. The van der Waals surface area contributed by atoms with E-state index >= 15 is 0 Å². The summed E-state index contributed by atoms with van der Waals surface area (Å²) >= 11 is 0. The van der Waals surface area contributed by atoms with Gasteiger partial charge in [-0.1, -0.05) is 36.4 Å². The zero-order valence-electron chi connectivity index (χ0n) is 16.9. The summed E-state index contributed by atoms with van der Waals surface area (Å²) in [6, 6.07) is 17.7. The van der Waals surface area contributed by atoms with Crippen molar-refractivity contribution in [3.05, 3.63) is 72.6 Å². The van der Waals surface area contributed by atoms with E-state index in [0.717, 1.165) is 49.1 Å². The third-order valence-electron chi connectivity index (χ3n) is 4.71. The van der Waals surface area contributed by atoms with E-state index < -0.39 is 0 Å². The number of aromatic nitrogens is 2. The van der Waals surface area contributed by atoms with Gasteiger partial charge in [-0.05, 0) is 17.7 Å². The van der Waals surface area contributed by atoms with E-state index in [2.05, 4.69) is 20.2 Å². The molecule has 0 radical (unpaired) electrons.